The van der Waals surface area contributed by atoms with Crippen LogP contribution in [0.1, 0.15) is 22.5 Å². The summed E-state index contributed by atoms with van der Waals surface area (Å²) in [5.74, 6) is 0.694. The van der Waals surface area contributed by atoms with E-state index in [0.717, 1.165) is 21.2 Å². The first-order chi connectivity index (χ1) is 10.7. The van der Waals surface area contributed by atoms with Crippen LogP contribution in [-0.2, 0) is 0 Å². The van der Waals surface area contributed by atoms with E-state index in [9.17, 15) is 4.79 Å². The van der Waals surface area contributed by atoms with Crippen LogP contribution in [0.15, 0.2) is 18.3 Å². The van der Waals surface area contributed by atoms with Crippen LogP contribution in [0.2, 0.25) is 4.47 Å². The molecule has 5 rings (SSSR count). The van der Waals surface area contributed by atoms with E-state index in [1.54, 1.807) is 6.20 Å². The van der Waals surface area contributed by atoms with Crippen LogP contribution >= 0.6 is 34.3 Å². The zero-order valence-corrected chi connectivity index (χ0v) is 14.3. The Balaban J connectivity index is 1.46. The van der Waals surface area contributed by atoms with Gasteiger partial charge in [-0.05, 0) is 44.0 Å². The van der Waals surface area contributed by atoms with E-state index in [2.05, 4.69) is 15.2 Å². The first kappa shape index (κ1) is 14.6. The van der Waals surface area contributed by atoms with Crippen molar-refractivity contribution in [2.45, 2.75) is 18.9 Å². The third-order valence-electron chi connectivity index (χ3n) is 4.52. The Morgan fingerprint density at radius 1 is 1.27 bits per heavy atom. The maximum absolute atomic E-state index is 12.5. The van der Waals surface area contributed by atoms with Crippen molar-refractivity contribution in [1.29, 1.82) is 0 Å². The number of fused-ring (bicyclic) bond motifs is 3. The van der Waals surface area contributed by atoms with Crippen LogP contribution in [0.3, 0.4) is 0 Å². The van der Waals surface area contributed by atoms with E-state index in [0.29, 0.717) is 16.4 Å². The molecule has 0 unspecified atom stereocenters. The van der Waals surface area contributed by atoms with Gasteiger partial charge in [-0.3, -0.25) is 4.79 Å². The van der Waals surface area contributed by atoms with Gasteiger partial charge >= 0.3 is 0 Å². The summed E-state index contributed by atoms with van der Waals surface area (Å²) in [4.78, 5) is 21.8. The van der Waals surface area contributed by atoms with Crippen molar-refractivity contribution in [1.82, 2.24) is 15.2 Å². The molecule has 2 aromatic rings. The topological polar surface area (TPSA) is 45.2 Å². The highest BCUT2D eigenvalue weighted by molar-refractivity contribution is 7.24. The summed E-state index contributed by atoms with van der Waals surface area (Å²) in [5, 5.41) is 3.23. The molecule has 3 aliphatic heterocycles. The average Bonchev–Trinajstić information content (AvgIpc) is 3.17. The molecule has 0 radical (unpaired) electrons. The third-order valence-corrected chi connectivity index (χ3v) is 6.92. The molecule has 3 fully saturated rings. The molecule has 2 bridgehead atoms. The van der Waals surface area contributed by atoms with Gasteiger partial charge in [0, 0.05) is 23.7 Å². The summed E-state index contributed by atoms with van der Waals surface area (Å²) in [6.45, 7) is 3.37. The minimum atomic E-state index is 0.0469. The molecule has 3 aliphatic rings. The van der Waals surface area contributed by atoms with E-state index in [1.807, 2.05) is 12.1 Å². The number of carbonyl (C=O) groups is 1. The first-order valence-corrected chi connectivity index (χ1v) is 9.45. The van der Waals surface area contributed by atoms with Crippen LogP contribution in [0, 0.1) is 5.92 Å². The SMILES string of the molecule is O=C(N[C@H]1CN2CCC1CC2)c1ccc(-c2cnc(Cl)s2)s1. The van der Waals surface area contributed by atoms with Gasteiger partial charge in [-0.1, -0.05) is 11.6 Å². The van der Waals surface area contributed by atoms with Crippen molar-refractivity contribution < 1.29 is 4.79 Å². The second-order valence-electron chi connectivity index (χ2n) is 5.86. The van der Waals surface area contributed by atoms with Crippen molar-refractivity contribution in [2.24, 2.45) is 5.92 Å². The number of hydrogen-bond acceptors (Lipinski definition) is 5. The van der Waals surface area contributed by atoms with Crippen LogP contribution in [0.4, 0.5) is 0 Å². The van der Waals surface area contributed by atoms with Crippen molar-refractivity contribution >= 4 is 40.2 Å². The Bertz CT molecular complexity index is 691. The lowest BCUT2D eigenvalue weighted by Gasteiger charge is -2.44. The van der Waals surface area contributed by atoms with Gasteiger partial charge < -0.3 is 10.2 Å². The zero-order chi connectivity index (χ0) is 15.1. The Hall–Kier alpha value is -0.950. The van der Waals surface area contributed by atoms with E-state index in [1.165, 1.54) is 48.6 Å². The summed E-state index contributed by atoms with van der Waals surface area (Å²) in [6, 6.07) is 4.17. The number of nitrogens with one attached hydrogen (secondary N) is 1. The number of halogens is 1. The molecule has 3 saturated heterocycles. The standard InChI is InChI=1S/C15H16ClN3OS2/c16-15-17-7-13(22-15)11-1-2-12(21-11)14(20)18-10-8-19-5-3-9(10)4-6-19/h1-2,7,9-10H,3-6,8H2,(H,18,20)/t10-/m0/s1. The molecule has 22 heavy (non-hydrogen) atoms. The highest BCUT2D eigenvalue weighted by Crippen LogP contribution is 2.34. The number of piperidine rings is 3. The van der Waals surface area contributed by atoms with E-state index < -0.39 is 0 Å². The summed E-state index contributed by atoms with van der Waals surface area (Å²) in [6.07, 6.45) is 4.17. The van der Waals surface area contributed by atoms with Crippen LogP contribution in [0.5, 0.6) is 0 Å². The van der Waals surface area contributed by atoms with Crippen LogP contribution < -0.4 is 5.32 Å². The molecule has 5 heterocycles. The Morgan fingerprint density at radius 2 is 2.09 bits per heavy atom. The number of carbonyl (C=O) groups excluding carboxylic acids is 1. The smallest absolute Gasteiger partial charge is 0.261 e. The molecule has 2 aromatic heterocycles. The first-order valence-electron chi connectivity index (χ1n) is 7.44. The van der Waals surface area contributed by atoms with Gasteiger partial charge in [0.1, 0.15) is 0 Å². The number of aromatic nitrogens is 1. The van der Waals surface area contributed by atoms with Crippen molar-refractivity contribution in [3.05, 3.63) is 27.7 Å². The predicted octanol–water partition coefficient (Wildman–Crippen LogP) is 3.35. The lowest BCUT2D eigenvalue weighted by atomic mass is 9.84. The average molecular weight is 354 g/mol. The van der Waals surface area contributed by atoms with Gasteiger partial charge in [-0.25, -0.2) is 4.98 Å². The molecule has 7 heteroatoms. The van der Waals surface area contributed by atoms with E-state index in [4.69, 9.17) is 11.6 Å². The maximum atomic E-state index is 12.5. The molecule has 1 atom stereocenters. The highest BCUT2D eigenvalue weighted by atomic mass is 35.5. The van der Waals surface area contributed by atoms with Crippen molar-refractivity contribution in [3.63, 3.8) is 0 Å². The fourth-order valence-corrected chi connectivity index (χ4v) is 5.25. The summed E-state index contributed by atoms with van der Waals surface area (Å²) < 4.78 is 0.529. The van der Waals surface area contributed by atoms with Gasteiger partial charge in [0.05, 0.1) is 9.75 Å². The van der Waals surface area contributed by atoms with Gasteiger partial charge in [0.25, 0.3) is 5.91 Å². The van der Waals surface area contributed by atoms with Gasteiger partial charge in [0.15, 0.2) is 4.47 Å². The number of hydrogen-bond donors (Lipinski definition) is 1. The predicted molar refractivity (Wildman–Crippen MR) is 90.9 cm³/mol. The molecule has 116 valence electrons. The Kier molecular flexibility index (Phi) is 3.94. The summed E-state index contributed by atoms with van der Waals surface area (Å²) >= 11 is 8.81. The zero-order valence-electron chi connectivity index (χ0n) is 11.9. The van der Waals surface area contributed by atoms with Crippen molar-refractivity contribution in [3.8, 4) is 9.75 Å². The number of rotatable bonds is 3. The van der Waals surface area contributed by atoms with Crippen LogP contribution in [0.25, 0.3) is 9.75 Å². The fraction of sp³-hybridized carbons (Fsp3) is 0.467. The molecule has 0 saturated carbocycles. The number of amides is 1. The molecular weight excluding hydrogens is 338 g/mol. The monoisotopic (exact) mass is 353 g/mol. The van der Waals surface area contributed by atoms with Gasteiger partial charge in [-0.15, -0.1) is 22.7 Å². The summed E-state index contributed by atoms with van der Waals surface area (Å²) in [7, 11) is 0. The Morgan fingerprint density at radius 3 is 2.73 bits per heavy atom. The molecule has 0 spiro atoms. The maximum Gasteiger partial charge on any atom is 0.261 e. The normalized spacial score (nSPS) is 27.0. The molecule has 0 aromatic carbocycles. The van der Waals surface area contributed by atoms with E-state index in [-0.39, 0.29) is 5.91 Å². The molecule has 1 amide bonds. The number of thiazole rings is 1. The number of thiophene rings is 1. The minimum Gasteiger partial charge on any atom is -0.347 e. The molecule has 4 nitrogen and oxygen atoms in total. The molecule has 1 N–H and O–H groups in total. The number of nitrogens with zero attached hydrogens (tertiary/aromatic N) is 2. The molecular formula is C15H16ClN3OS2. The second-order valence-corrected chi connectivity index (χ2v) is 8.56. The minimum absolute atomic E-state index is 0.0469. The van der Waals surface area contributed by atoms with Crippen molar-refractivity contribution in [2.75, 3.05) is 19.6 Å². The quantitative estimate of drug-likeness (QED) is 0.920. The largest absolute Gasteiger partial charge is 0.347 e. The van der Waals surface area contributed by atoms with E-state index >= 15 is 0 Å². The van der Waals surface area contributed by atoms with Gasteiger partial charge in [0.2, 0.25) is 0 Å². The highest BCUT2D eigenvalue weighted by Gasteiger charge is 2.35. The van der Waals surface area contributed by atoms with Crippen LogP contribution in [-0.4, -0.2) is 41.5 Å². The summed E-state index contributed by atoms with van der Waals surface area (Å²) in [5.41, 5.74) is 0. The Labute approximate surface area is 142 Å². The third kappa shape index (κ3) is 2.80. The van der Waals surface area contributed by atoms with Gasteiger partial charge in [-0.2, -0.15) is 0 Å². The fourth-order valence-electron chi connectivity index (χ4n) is 3.33. The second kappa shape index (κ2) is 5.92. The molecule has 0 aliphatic carbocycles. The lowest BCUT2D eigenvalue weighted by molar-refractivity contribution is 0.0622. The lowest BCUT2D eigenvalue weighted by Crippen LogP contribution is -2.57.